The molecule has 0 N–H and O–H groups in total. The summed E-state index contributed by atoms with van der Waals surface area (Å²) in [5.41, 5.74) is 5.16. The van der Waals surface area contributed by atoms with Crippen LogP contribution in [0.2, 0.25) is 0 Å². The lowest BCUT2D eigenvalue weighted by atomic mass is 10.1. The van der Waals surface area contributed by atoms with Gasteiger partial charge in [-0.15, -0.1) is 0 Å². The van der Waals surface area contributed by atoms with Gasteiger partial charge in [0.05, 0.1) is 35.8 Å². The van der Waals surface area contributed by atoms with E-state index in [2.05, 4.69) is 43.8 Å². The van der Waals surface area contributed by atoms with Gasteiger partial charge < -0.3 is 13.4 Å². The molecule has 6 nitrogen and oxygen atoms in total. The number of furan rings is 2. The smallest absolute Gasteiger partial charge is 0.164 e. The Bertz CT molecular complexity index is 3600. The number of para-hydroxylation sites is 2. The molecule has 0 unspecified atom stereocenters. The van der Waals surface area contributed by atoms with Crippen molar-refractivity contribution in [2.24, 2.45) is 0 Å². The van der Waals surface area contributed by atoms with Crippen LogP contribution in [0, 0.1) is 0 Å². The number of hydrogen-bond acceptors (Lipinski definition) is 5. The summed E-state index contributed by atoms with van der Waals surface area (Å²) in [5, 5.41) is 5.76. The molecule has 51 heavy (non-hydrogen) atoms. The van der Waals surface area contributed by atoms with E-state index in [9.17, 15) is 0 Å². The maximum atomic E-state index is 8.67. The second-order valence-corrected chi connectivity index (χ2v) is 12.1. The first-order valence-electron chi connectivity index (χ1n) is 21.1. The monoisotopic (exact) mass is 664 g/mol. The highest BCUT2D eigenvalue weighted by molar-refractivity contribution is 6.28. The maximum Gasteiger partial charge on any atom is 0.164 e. The summed E-state index contributed by atoms with van der Waals surface area (Å²) < 4.78 is 99.1. The fourth-order valence-corrected chi connectivity index (χ4v) is 7.12. The Labute approximate surface area is 304 Å². The fraction of sp³-hybridized carbons (Fsp3) is 0. The third kappa shape index (κ3) is 4.20. The van der Waals surface area contributed by atoms with Crippen molar-refractivity contribution in [2.75, 3.05) is 0 Å². The number of aromatic nitrogens is 4. The van der Waals surface area contributed by atoms with Crippen molar-refractivity contribution in [2.45, 2.75) is 0 Å². The highest BCUT2D eigenvalue weighted by atomic mass is 16.3. The summed E-state index contributed by atoms with van der Waals surface area (Å²) in [6.07, 6.45) is 0. The van der Waals surface area contributed by atoms with Crippen LogP contribution in [-0.2, 0) is 0 Å². The number of hydrogen-bond donors (Lipinski definition) is 0. The van der Waals surface area contributed by atoms with Gasteiger partial charge in [0.1, 0.15) is 22.3 Å². The molecule has 0 radical (unpaired) electrons. The molecule has 7 aromatic carbocycles. The minimum absolute atomic E-state index is 0.0556. The fourth-order valence-electron chi connectivity index (χ4n) is 7.12. The van der Waals surface area contributed by atoms with Gasteiger partial charge in [0.15, 0.2) is 17.5 Å². The molecule has 0 aliphatic rings. The topological polar surface area (TPSA) is 69.9 Å². The standard InChI is InChI=1S/C45H26N4O2/c1-3-12-27(13-4-1)43-46-44(28-14-5-2-6-15-28)48-45(47-43)29-22-23-32-39(26-29)51-37-21-11-19-34(40(32)37)49-33-18-9-7-16-30(33)41-35(49)24-25-38-42(41)31-17-8-10-20-36(31)50-38/h1-26H/i1D,2D,3D,4D,5D,6D,12D,13D,14D,15D. The first kappa shape index (κ1) is 19.8. The third-order valence-corrected chi connectivity index (χ3v) is 9.23. The van der Waals surface area contributed by atoms with Crippen molar-refractivity contribution in [3.8, 4) is 39.9 Å². The average molecular weight is 665 g/mol. The Morgan fingerprint density at radius 2 is 1.04 bits per heavy atom. The van der Waals surface area contributed by atoms with Crippen molar-refractivity contribution < 1.29 is 22.5 Å². The number of fused-ring (bicyclic) bond motifs is 10. The molecular formula is C45H26N4O2. The lowest BCUT2D eigenvalue weighted by Gasteiger charge is -2.10. The van der Waals surface area contributed by atoms with E-state index in [0.717, 1.165) is 60.2 Å². The Morgan fingerprint density at radius 1 is 0.431 bits per heavy atom. The van der Waals surface area contributed by atoms with Crippen LogP contribution in [-0.4, -0.2) is 19.5 Å². The summed E-state index contributed by atoms with van der Waals surface area (Å²) in [7, 11) is 0. The van der Waals surface area contributed by atoms with Gasteiger partial charge in [-0.1, -0.05) is 109 Å². The van der Waals surface area contributed by atoms with E-state index in [1.165, 1.54) is 0 Å². The van der Waals surface area contributed by atoms with Crippen LogP contribution in [0.15, 0.2) is 166 Å². The SMILES string of the molecule is [2H]c1c([2H])c([2H])c(-c2nc(-c3ccc4c(c3)oc3cccc(-n5c6ccccc6c6c7c(ccc65)oc5ccccc57)c34)nc(-c3c([2H])c([2H])c([2H])c([2H])c3[2H])n2)c([2H])c1[2H]. The van der Waals surface area contributed by atoms with E-state index in [0.29, 0.717) is 16.7 Å². The van der Waals surface area contributed by atoms with Crippen LogP contribution >= 0.6 is 0 Å². The van der Waals surface area contributed by atoms with Gasteiger partial charge in [0.25, 0.3) is 0 Å². The number of benzene rings is 7. The zero-order valence-electron chi connectivity index (χ0n) is 36.3. The van der Waals surface area contributed by atoms with Crippen LogP contribution < -0.4 is 0 Å². The summed E-state index contributed by atoms with van der Waals surface area (Å²) >= 11 is 0. The van der Waals surface area contributed by atoms with Gasteiger partial charge in [-0.25, -0.2) is 15.0 Å². The lowest BCUT2D eigenvalue weighted by molar-refractivity contribution is 0.668. The van der Waals surface area contributed by atoms with Crippen molar-refractivity contribution in [3.05, 3.63) is 157 Å². The van der Waals surface area contributed by atoms with Crippen molar-refractivity contribution in [1.29, 1.82) is 0 Å². The second-order valence-electron chi connectivity index (χ2n) is 12.1. The predicted molar refractivity (Wildman–Crippen MR) is 205 cm³/mol. The molecule has 0 bridgehead atoms. The van der Waals surface area contributed by atoms with Crippen molar-refractivity contribution in [1.82, 2.24) is 19.5 Å². The molecule has 0 fully saturated rings. The van der Waals surface area contributed by atoms with E-state index in [1.54, 1.807) is 12.1 Å². The van der Waals surface area contributed by atoms with Crippen LogP contribution in [0.3, 0.4) is 0 Å². The van der Waals surface area contributed by atoms with Crippen LogP contribution in [0.4, 0.5) is 0 Å². The molecule has 4 heterocycles. The minimum Gasteiger partial charge on any atom is -0.456 e. The molecule has 238 valence electrons. The Morgan fingerprint density at radius 3 is 1.80 bits per heavy atom. The van der Waals surface area contributed by atoms with Crippen molar-refractivity contribution >= 4 is 65.7 Å². The average Bonchev–Trinajstić information content (AvgIpc) is 3.95. The molecule has 11 rings (SSSR count). The van der Waals surface area contributed by atoms with Crippen LogP contribution in [0.1, 0.15) is 13.7 Å². The Hall–Kier alpha value is -7.05. The normalized spacial score (nSPS) is 14.7. The molecule has 0 amide bonds. The first-order chi connectivity index (χ1) is 29.4. The van der Waals surface area contributed by atoms with Crippen molar-refractivity contribution in [3.63, 3.8) is 0 Å². The molecule has 0 saturated carbocycles. The quantitative estimate of drug-likeness (QED) is 0.187. The molecule has 4 aromatic heterocycles. The van der Waals surface area contributed by atoms with Gasteiger partial charge in [-0.3, -0.25) is 0 Å². The van der Waals surface area contributed by atoms with E-state index in [1.807, 2.05) is 60.7 Å². The molecule has 0 aliphatic heterocycles. The maximum absolute atomic E-state index is 8.67. The Balaban J connectivity index is 1.15. The molecule has 0 saturated heterocycles. The third-order valence-electron chi connectivity index (χ3n) is 9.23. The molecular weight excluding hydrogens is 629 g/mol. The van der Waals surface area contributed by atoms with Gasteiger partial charge in [0, 0.05) is 43.6 Å². The zero-order chi connectivity index (χ0) is 42.2. The summed E-state index contributed by atoms with van der Waals surface area (Å²) in [5.74, 6) is -0.747. The van der Waals surface area contributed by atoms with E-state index < -0.39 is 60.4 Å². The summed E-state index contributed by atoms with van der Waals surface area (Å²) in [6.45, 7) is 0. The minimum atomic E-state index is -0.618. The van der Waals surface area contributed by atoms with Gasteiger partial charge in [-0.05, 0) is 48.5 Å². The molecule has 11 aromatic rings. The van der Waals surface area contributed by atoms with E-state index >= 15 is 0 Å². The molecule has 0 aliphatic carbocycles. The second kappa shape index (κ2) is 10.7. The molecule has 6 heteroatoms. The van der Waals surface area contributed by atoms with E-state index in [4.69, 9.17) is 22.5 Å². The lowest BCUT2D eigenvalue weighted by Crippen LogP contribution is -2.00. The van der Waals surface area contributed by atoms with Gasteiger partial charge in [0.2, 0.25) is 0 Å². The number of rotatable bonds is 4. The van der Waals surface area contributed by atoms with Gasteiger partial charge in [-0.2, -0.15) is 0 Å². The summed E-state index contributed by atoms with van der Waals surface area (Å²) in [4.78, 5) is 13.6. The molecule has 0 atom stereocenters. The largest absolute Gasteiger partial charge is 0.456 e. The van der Waals surface area contributed by atoms with Crippen LogP contribution in [0.25, 0.3) is 106 Å². The van der Waals surface area contributed by atoms with Crippen LogP contribution in [0.5, 0.6) is 0 Å². The van der Waals surface area contributed by atoms with E-state index in [-0.39, 0.29) is 28.6 Å². The highest BCUT2D eigenvalue weighted by Crippen LogP contribution is 2.43. The first-order valence-corrected chi connectivity index (χ1v) is 16.1. The Kier molecular flexibility index (Phi) is 4.17. The molecule has 0 spiro atoms. The zero-order valence-corrected chi connectivity index (χ0v) is 26.3. The number of nitrogens with zero attached hydrogens (tertiary/aromatic N) is 4. The highest BCUT2D eigenvalue weighted by Gasteiger charge is 2.22. The summed E-state index contributed by atoms with van der Waals surface area (Å²) in [6, 6.07) is 25.4. The predicted octanol–water partition coefficient (Wildman–Crippen LogP) is 11.8. The van der Waals surface area contributed by atoms with Gasteiger partial charge >= 0.3 is 0 Å².